The van der Waals surface area contributed by atoms with E-state index < -0.39 is 0 Å². The molecular formula is C16H21NOS. The normalized spacial score (nSPS) is 12.3. The van der Waals surface area contributed by atoms with Crippen molar-refractivity contribution < 1.29 is 4.74 Å². The number of ether oxygens (including phenoxy) is 1. The van der Waals surface area contributed by atoms with Crippen LogP contribution in [0.15, 0.2) is 41.8 Å². The molecular weight excluding hydrogens is 254 g/mol. The van der Waals surface area contributed by atoms with Crippen LogP contribution in [0.1, 0.15) is 29.3 Å². The lowest BCUT2D eigenvalue weighted by Gasteiger charge is -2.16. The summed E-state index contributed by atoms with van der Waals surface area (Å²) in [6.07, 6.45) is 3.53. The zero-order chi connectivity index (χ0) is 13.5. The van der Waals surface area contributed by atoms with Crippen LogP contribution >= 0.6 is 11.3 Å². The second kappa shape index (κ2) is 7.31. The van der Waals surface area contributed by atoms with Gasteiger partial charge in [0.05, 0.1) is 7.11 Å². The molecule has 0 saturated carbocycles. The standard InChI is InChI=1S/C16H21NOS/c1-17-16(7-3-5-15-6-4-12-19-15)13-8-10-14(18-2)11-9-13/h4,6,8-12,16-17H,3,5,7H2,1-2H3. The molecule has 1 N–H and O–H groups in total. The molecule has 0 aliphatic heterocycles. The van der Waals surface area contributed by atoms with E-state index >= 15 is 0 Å². The quantitative estimate of drug-likeness (QED) is 0.823. The van der Waals surface area contributed by atoms with Gasteiger partial charge < -0.3 is 10.1 Å². The molecule has 0 aliphatic rings. The van der Waals surface area contributed by atoms with E-state index in [1.165, 1.54) is 23.3 Å². The summed E-state index contributed by atoms with van der Waals surface area (Å²) in [6.45, 7) is 0. The van der Waals surface area contributed by atoms with Crippen molar-refractivity contribution >= 4 is 11.3 Å². The fraction of sp³-hybridized carbons (Fsp3) is 0.375. The third-order valence-electron chi connectivity index (χ3n) is 3.36. The molecule has 1 heterocycles. The van der Waals surface area contributed by atoms with Gasteiger partial charge in [-0.05, 0) is 55.5 Å². The van der Waals surface area contributed by atoms with Crippen LogP contribution in [0.3, 0.4) is 0 Å². The summed E-state index contributed by atoms with van der Waals surface area (Å²) in [7, 11) is 3.73. The lowest BCUT2D eigenvalue weighted by Crippen LogP contribution is -2.16. The molecule has 1 atom stereocenters. The summed E-state index contributed by atoms with van der Waals surface area (Å²) in [5, 5.41) is 5.55. The smallest absolute Gasteiger partial charge is 0.118 e. The monoisotopic (exact) mass is 275 g/mol. The third-order valence-corrected chi connectivity index (χ3v) is 4.30. The summed E-state index contributed by atoms with van der Waals surface area (Å²) in [4.78, 5) is 1.48. The van der Waals surface area contributed by atoms with E-state index in [1.807, 2.05) is 30.5 Å². The Morgan fingerprint density at radius 2 is 2.00 bits per heavy atom. The van der Waals surface area contributed by atoms with E-state index in [9.17, 15) is 0 Å². The van der Waals surface area contributed by atoms with Gasteiger partial charge in [0.2, 0.25) is 0 Å². The second-order valence-electron chi connectivity index (χ2n) is 4.59. The number of aryl methyl sites for hydroxylation is 1. The van der Waals surface area contributed by atoms with Gasteiger partial charge in [0.15, 0.2) is 0 Å². The van der Waals surface area contributed by atoms with Crippen molar-refractivity contribution in [2.24, 2.45) is 0 Å². The Morgan fingerprint density at radius 3 is 2.58 bits per heavy atom. The zero-order valence-electron chi connectivity index (χ0n) is 11.6. The van der Waals surface area contributed by atoms with Gasteiger partial charge in [-0.1, -0.05) is 18.2 Å². The van der Waals surface area contributed by atoms with Crippen LogP contribution in [0.25, 0.3) is 0 Å². The van der Waals surface area contributed by atoms with Crippen LogP contribution < -0.4 is 10.1 Å². The summed E-state index contributed by atoms with van der Waals surface area (Å²) in [5.74, 6) is 0.914. The molecule has 0 spiro atoms. The maximum absolute atomic E-state index is 5.19. The highest BCUT2D eigenvalue weighted by molar-refractivity contribution is 7.09. The number of benzene rings is 1. The largest absolute Gasteiger partial charge is 0.497 e. The molecule has 102 valence electrons. The SMILES string of the molecule is CNC(CCCc1cccs1)c1ccc(OC)cc1. The molecule has 19 heavy (non-hydrogen) atoms. The van der Waals surface area contributed by atoms with Crippen molar-refractivity contribution in [3.63, 3.8) is 0 Å². The van der Waals surface area contributed by atoms with E-state index in [0.29, 0.717) is 6.04 Å². The van der Waals surface area contributed by atoms with Crippen LogP contribution in [0.5, 0.6) is 5.75 Å². The van der Waals surface area contributed by atoms with Gasteiger partial charge in [-0.25, -0.2) is 0 Å². The second-order valence-corrected chi connectivity index (χ2v) is 5.62. The molecule has 0 fully saturated rings. The molecule has 0 aliphatic carbocycles. The topological polar surface area (TPSA) is 21.3 Å². The van der Waals surface area contributed by atoms with E-state index in [1.54, 1.807) is 7.11 Å². The third kappa shape index (κ3) is 4.08. The first kappa shape index (κ1) is 14.1. The first-order chi connectivity index (χ1) is 9.33. The Labute approximate surface area is 119 Å². The van der Waals surface area contributed by atoms with Crippen LogP contribution in [0, 0.1) is 0 Å². The minimum atomic E-state index is 0.422. The highest BCUT2D eigenvalue weighted by atomic mass is 32.1. The summed E-state index contributed by atoms with van der Waals surface area (Å²) in [6, 6.07) is 13.1. The molecule has 3 heteroatoms. The van der Waals surface area contributed by atoms with Gasteiger partial charge >= 0.3 is 0 Å². The number of thiophene rings is 1. The van der Waals surface area contributed by atoms with Crippen molar-refractivity contribution in [1.29, 1.82) is 0 Å². The number of hydrogen-bond donors (Lipinski definition) is 1. The maximum Gasteiger partial charge on any atom is 0.118 e. The highest BCUT2D eigenvalue weighted by Gasteiger charge is 2.09. The lowest BCUT2D eigenvalue weighted by atomic mass is 10.0. The first-order valence-corrected chi connectivity index (χ1v) is 7.55. The molecule has 0 amide bonds. The van der Waals surface area contributed by atoms with Gasteiger partial charge in [-0.2, -0.15) is 0 Å². The van der Waals surface area contributed by atoms with Crippen LogP contribution in [0.2, 0.25) is 0 Å². The van der Waals surface area contributed by atoms with Gasteiger partial charge in [-0.3, -0.25) is 0 Å². The van der Waals surface area contributed by atoms with Gasteiger partial charge in [0.1, 0.15) is 5.75 Å². The van der Waals surface area contributed by atoms with Gasteiger partial charge in [0.25, 0.3) is 0 Å². The number of nitrogens with one attached hydrogen (secondary N) is 1. The maximum atomic E-state index is 5.19. The van der Waals surface area contributed by atoms with Gasteiger partial charge in [-0.15, -0.1) is 11.3 Å². The van der Waals surface area contributed by atoms with Crippen molar-refractivity contribution in [2.45, 2.75) is 25.3 Å². The van der Waals surface area contributed by atoms with Gasteiger partial charge in [0, 0.05) is 10.9 Å². The Bertz CT molecular complexity index is 464. The van der Waals surface area contributed by atoms with Crippen molar-refractivity contribution in [1.82, 2.24) is 5.32 Å². The molecule has 2 nitrogen and oxygen atoms in total. The average molecular weight is 275 g/mol. The highest BCUT2D eigenvalue weighted by Crippen LogP contribution is 2.22. The molecule has 1 aromatic heterocycles. The molecule has 0 bridgehead atoms. The van der Waals surface area contributed by atoms with E-state index in [2.05, 4.69) is 35.0 Å². The molecule has 2 aromatic rings. The van der Waals surface area contributed by atoms with Crippen LogP contribution in [-0.4, -0.2) is 14.2 Å². The predicted molar refractivity (Wildman–Crippen MR) is 82.1 cm³/mol. The minimum Gasteiger partial charge on any atom is -0.497 e. The Hall–Kier alpha value is -1.32. The predicted octanol–water partition coefficient (Wildman–Crippen LogP) is 4.04. The lowest BCUT2D eigenvalue weighted by molar-refractivity contribution is 0.414. The Balaban J connectivity index is 1.88. The molecule has 2 rings (SSSR count). The van der Waals surface area contributed by atoms with Crippen LogP contribution in [-0.2, 0) is 6.42 Å². The molecule has 0 saturated heterocycles. The van der Waals surface area contributed by atoms with E-state index in [0.717, 1.165) is 12.2 Å². The fourth-order valence-corrected chi connectivity index (χ4v) is 3.00. The molecule has 0 radical (unpaired) electrons. The van der Waals surface area contributed by atoms with Crippen LogP contribution in [0.4, 0.5) is 0 Å². The Kier molecular flexibility index (Phi) is 5.43. The number of rotatable bonds is 7. The fourth-order valence-electron chi connectivity index (χ4n) is 2.25. The zero-order valence-corrected chi connectivity index (χ0v) is 12.4. The first-order valence-electron chi connectivity index (χ1n) is 6.67. The summed E-state index contributed by atoms with van der Waals surface area (Å²) in [5.41, 5.74) is 1.33. The Morgan fingerprint density at radius 1 is 1.21 bits per heavy atom. The number of hydrogen-bond acceptors (Lipinski definition) is 3. The minimum absolute atomic E-state index is 0.422. The summed E-state index contributed by atoms with van der Waals surface area (Å²) < 4.78 is 5.19. The summed E-state index contributed by atoms with van der Waals surface area (Å²) >= 11 is 1.85. The number of methoxy groups -OCH3 is 1. The van der Waals surface area contributed by atoms with Crippen molar-refractivity contribution in [3.8, 4) is 5.75 Å². The average Bonchev–Trinajstić information content (AvgIpc) is 2.97. The van der Waals surface area contributed by atoms with Crippen molar-refractivity contribution in [2.75, 3.05) is 14.2 Å². The molecule has 1 aromatic carbocycles. The van der Waals surface area contributed by atoms with E-state index in [-0.39, 0.29) is 0 Å². The van der Waals surface area contributed by atoms with Crippen molar-refractivity contribution in [3.05, 3.63) is 52.2 Å². The van der Waals surface area contributed by atoms with E-state index in [4.69, 9.17) is 4.74 Å². The molecule has 1 unspecified atom stereocenters.